The first-order chi connectivity index (χ1) is 15.2. The zero-order valence-electron chi connectivity index (χ0n) is 17.9. The first-order valence-corrected chi connectivity index (χ1v) is 11.1. The summed E-state index contributed by atoms with van der Waals surface area (Å²) in [7, 11) is 0. The zero-order chi connectivity index (χ0) is 21.4. The maximum atomic E-state index is 13.3. The molecule has 4 nitrogen and oxygen atoms in total. The van der Waals surface area contributed by atoms with Crippen molar-refractivity contribution in [2.24, 2.45) is 11.8 Å². The molecule has 0 N–H and O–H groups in total. The van der Waals surface area contributed by atoms with Gasteiger partial charge in [0, 0.05) is 23.7 Å². The Kier molecular flexibility index (Phi) is 5.33. The Hall–Kier alpha value is -2.98. The number of pyridine rings is 1. The first-order valence-electron chi connectivity index (χ1n) is 11.1. The van der Waals surface area contributed by atoms with Crippen molar-refractivity contribution in [1.82, 2.24) is 9.88 Å². The van der Waals surface area contributed by atoms with Crippen LogP contribution in [0, 0.1) is 18.8 Å². The van der Waals surface area contributed by atoms with Gasteiger partial charge in [0.25, 0.3) is 0 Å². The van der Waals surface area contributed by atoms with Gasteiger partial charge in [0.15, 0.2) is 0 Å². The average Bonchev–Trinajstić information content (AvgIpc) is 2.82. The molecule has 0 radical (unpaired) electrons. The molecule has 6 rings (SSSR count). The number of hydrogen-bond donors (Lipinski definition) is 0. The number of esters is 1. The van der Waals surface area contributed by atoms with Crippen LogP contribution >= 0.6 is 0 Å². The fraction of sp³-hybridized carbons (Fsp3) is 0.333. The number of para-hydroxylation sites is 1. The van der Waals surface area contributed by atoms with Crippen LogP contribution in [0.3, 0.4) is 0 Å². The summed E-state index contributed by atoms with van der Waals surface area (Å²) in [6.45, 7) is 8.03. The van der Waals surface area contributed by atoms with E-state index in [1.54, 1.807) is 0 Å². The van der Waals surface area contributed by atoms with Crippen molar-refractivity contribution in [1.29, 1.82) is 0 Å². The minimum absolute atomic E-state index is 0.161. The summed E-state index contributed by atoms with van der Waals surface area (Å²) in [6.07, 6.45) is 5.79. The Morgan fingerprint density at radius 2 is 2.00 bits per heavy atom. The molecule has 0 spiro atoms. The smallest absolute Gasteiger partial charge is 0.339 e. The van der Waals surface area contributed by atoms with Crippen molar-refractivity contribution in [3.05, 3.63) is 90.1 Å². The Labute approximate surface area is 183 Å². The molecule has 0 saturated carbocycles. The summed E-state index contributed by atoms with van der Waals surface area (Å²) in [5, 5.41) is 1.05. The normalized spacial score (nSPS) is 25.8. The van der Waals surface area contributed by atoms with Crippen molar-refractivity contribution in [3.8, 4) is 0 Å². The van der Waals surface area contributed by atoms with E-state index in [9.17, 15) is 4.79 Å². The largest absolute Gasteiger partial charge is 0.452 e. The molecule has 4 heteroatoms. The van der Waals surface area contributed by atoms with Crippen LogP contribution in [0.2, 0.25) is 0 Å². The van der Waals surface area contributed by atoms with Gasteiger partial charge in [0.05, 0.1) is 17.1 Å². The lowest BCUT2D eigenvalue weighted by Crippen LogP contribution is -2.55. The van der Waals surface area contributed by atoms with E-state index in [4.69, 9.17) is 4.74 Å². The second kappa shape index (κ2) is 8.27. The zero-order valence-corrected chi connectivity index (χ0v) is 17.9. The van der Waals surface area contributed by atoms with Crippen molar-refractivity contribution in [2.45, 2.75) is 31.9 Å². The summed E-state index contributed by atoms with van der Waals surface area (Å²) in [5.74, 6) is 0.860. The number of piperidine rings is 3. The van der Waals surface area contributed by atoms with E-state index < -0.39 is 0 Å². The first kappa shape index (κ1) is 20.0. The van der Waals surface area contributed by atoms with E-state index in [1.165, 1.54) is 6.42 Å². The molecule has 3 saturated heterocycles. The molecule has 4 heterocycles. The second-order valence-electron chi connectivity index (χ2n) is 8.80. The maximum Gasteiger partial charge on any atom is 0.339 e. The molecule has 0 amide bonds. The molecule has 0 aliphatic carbocycles. The van der Waals surface area contributed by atoms with E-state index in [0.717, 1.165) is 41.5 Å². The van der Waals surface area contributed by atoms with Gasteiger partial charge in [-0.05, 0) is 61.9 Å². The number of nitrogens with zero attached hydrogens (tertiary/aromatic N) is 2. The van der Waals surface area contributed by atoms with E-state index in [0.29, 0.717) is 17.4 Å². The van der Waals surface area contributed by atoms with Gasteiger partial charge in [0.2, 0.25) is 0 Å². The van der Waals surface area contributed by atoms with Gasteiger partial charge in [0.1, 0.15) is 6.10 Å². The Morgan fingerprint density at radius 3 is 2.77 bits per heavy atom. The molecule has 2 bridgehead atoms. The van der Waals surface area contributed by atoms with E-state index in [-0.39, 0.29) is 18.1 Å². The van der Waals surface area contributed by atoms with Crippen LogP contribution in [-0.2, 0) is 4.74 Å². The fourth-order valence-electron chi connectivity index (χ4n) is 5.39. The fourth-order valence-corrected chi connectivity index (χ4v) is 5.39. The molecule has 3 aliphatic rings. The van der Waals surface area contributed by atoms with Crippen LogP contribution in [0.4, 0.5) is 0 Å². The third kappa shape index (κ3) is 3.66. The third-order valence-corrected chi connectivity index (χ3v) is 7.09. The molecule has 1 aromatic heterocycles. The molecule has 3 aromatic rings. The molecule has 2 aromatic carbocycles. The molecule has 158 valence electrons. The molecule has 1 unspecified atom stereocenters. The number of aryl methyl sites for hydroxylation is 1. The molecule has 31 heavy (non-hydrogen) atoms. The Bertz CT molecular complexity index is 1120. The highest BCUT2D eigenvalue weighted by molar-refractivity contribution is 5.91. The highest BCUT2D eigenvalue weighted by Crippen LogP contribution is 2.43. The number of benzene rings is 2. The van der Waals surface area contributed by atoms with Crippen molar-refractivity contribution in [2.75, 3.05) is 13.1 Å². The summed E-state index contributed by atoms with van der Waals surface area (Å²) in [5.41, 5.74) is 3.53. The molecule has 5 atom stereocenters. The lowest BCUT2D eigenvalue weighted by molar-refractivity contribution is -0.0568. The maximum absolute atomic E-state index is 13.3. The van der Waals surface area contributed by atoms with Crippen molar-refractivity contribution >= 4 is 16.9 Å². The van der Waals surface area contributed by atoms with Crippen molar-refractivity contribution < 1.29 is 9.53 Å². The van der Waals surface area contributed by atoms with Crippen LogP contribution in [0.15, 0.2) is 73.4 Å². The average molecular weight is 413 g/mol. The summed E-state index contributed by atoms with van der Waals surface area (Å²) in [6, 6.07) is 17.9. The van der Waals surface area contributed by atoms with Crippen LogP contribution in [0.25, 0.3) is 10.9 Å². The Morgan fingerprint density at radius 1 is 1.19 bits per heavy atom. The second-order valence-corrected chi connectivity index (χ2v) is 8.80. The van der Waals surface area contributed by atoms with Crippen LogP contribution in [-0.4, -0.2) is 35.0 Å². The number of ether oxygens (including phenoxy) is 1. The Balaban J connectivity index is 1.55. The van der Waals surface area contributed by atoms with Gasteiger partial charge in [-0.2, -0.15) is 0 Å². The number of hydrogen-bond acceptors (Lipinski definition) is 4. The van der Waals surface area contributed by atoms with E-state index >= 15 is 0 Å². The van der Waals surface area contributed by atoms with E-state index in [1.807, 2.05) is 61.7 Å². The minimum atomic E-state index is -0.339. The number of carbonyl (C=O) groups is 1. The predicted molar refractivity (Wildman–Crippen MR) is 123 cm³/mol. The van der Waals surface area contributed by atoms with Gasteiger partial charge in [-0.1, -0.05) is 42.5 Å². The predicted octanol–water partition coefficient (Wildman–Crippen LogP) is 5.34. The monoisotopic (exact) mass is 412 g/mol. The minimum Gasteiger partial charge on any atom is -0.452 e. The van der Waals surface area contributed by atoms with Crippen LogP contribution in [0.1, 0.15) is 40.4 Å². The highest BCUT2D eigenvalue weighted by Gasteiger charge is 2.44. The third-order valence-electron chi connectivity index (χ3n) is 7.09. The summed E-state index contributed by atoms with van der Waals surface area (Å²) >= 11 is 0. The van der Waals surface area contributed by atoms with Crippen molar-refractivity contribution in [3.63, 3.8) is 0 Å². The number of carbonyl (C=O) groups excluding carboxylic acids is 1. The summed E-state index contributed by atoms with van der Waals surface area (Å²) < 4.78 is 6.34. The number of rotatable bonds is 5. The lowest BCUT2D eigenvalue weighted by atomic mass is 9.73. The molecular formula is C27H28N2O2. The topological polar surface area (TPSA) is 42.4 Å². The molecule has 3 fully saturated rings. The highest BCUT2D eigenvalue weighted by atomic mass is 16.5. The van der Waals surface area contributed by atoms with Crippen LogP contribution in [0.5, 0.6) is 0 Å². The molecular weight excluding hydrogens is 384 g/mol. The van der Waals surface area contributed by atoms with Crippen LogP contribution < -0.4 is 0 Å². The van der Waals surface area contributed by atoms with Gasteiger partial charge >= 0.3 is 5.97 Å². The number of fused-ring (bicyclic) bond motifs is 4. The summed E-state index contributed by atoms with van der Waals surface area (Å²) in [4.78, 5) is 20.3. The number of aromatic nitrogens is 1. The lowest BCUT2D eigenvalue weighted by Gasteiger charge is -2.51. The standard InChI is InChI=1S/C27H28N2O2/c1-3-19-17-29-15-13-20(19)16-25(29)26(31-27(30)21-9-5-4-8-18(21)2)23-12-14-28-24-11-7-6-10-22(23)24/h3-12,14,19-20,25-26H,1,13,15-17H2,2H3/t19-,20+,25-,26+/m0/s1. The molecule has 3 aliphatic heterocycles. The van der Waals surface area contributed by atoms with Gasteiger partial charge < -0.3 is 4.74 Å². The van der Waals surface area contributed by atoms with Gasteiger partial charge in [-0.15, -0.1) is 6.58 Å². The quantitative estimate of drug-likeness (QED) is 0.419. The van der Waals surface area contributed by atoms with E-state index in [2.05, 4.69) is 28.6 Å². The van der Waals surface area contributed by atoms with Gasteiger partial charge in [-0.25, -0.2) is 4.79 Å². The van der Waals surface area contributed by atoms with Gasteiger partial charge in [-0.3, -0.25) is 9.88 Å². The SMILES string of the molecule is C=C[C@H]1CN2CC[C@@H]1C[C@H]2[C@H](OC(=O)c1ccccc1C)c1ccnc2ccccc12.